The highest BCUT2D eigenvalue weighted by atomic mass is 16.6. The van der Waals surface area contributed by atoms with Gasteiger partial charge in [0.15, 0.2) is 0 Å². The standard InChI is InChI=1S/C14H17N3O2/c1-8-10(3)16-14(15)9(2)13(8)11-5-4-6-12(7-11)17(18)19/h4-7,9,13H,1-3H3,(H2,15,16). The first-order valence-corrected chi connectivity index (χ1v) is 6.17. The average molecular weight is 259 g/mol. The number of rotatable bonds is 2. The number of nitrogens with zero attached hydrogens (tertiary/aromatic N) is 2. The van der Waals surface area contributed by atoms with Crippen molar-refractivity contribution in [3.8, 4) is 0 Å². The molecule has 1 aromatic rings. The zero-order valence-corrected chi connectivity index (χ0v) is 11.3. The molecule has 0 bridgehead atoms. The number of nitrogens with two attached hydrogens (primary N) is 1. The monoisotopic (exact) mass is 259 g/mol. The van der Waals surface area contributed by atoms with E-state index in [9.17, 15) is 10.1 Å². The Bertz CT molecular complexity index is 590. The molecule has 0 aromatic heterocycles. The van der Waals surface area contributed by atoms with Crippen LogP contribution in [-0.4, -0.2) is 10.8 Å². The van der Waals surface area contributed by atoms with E-state index in [1.54, 1.807) is 12.1 Å². The fourth-order valence-electron chi connectivity index (χ4n) is 2.52. The maximum atomic E-state index is 10.9. The Hall–Kier alpha value is -2.17. The maximum absolute atomic E-state index is 10.9. The zero-order chi connectivity index (χ0) is 14.2. The van der Waals surface area contributed by atoms with Crippen LogP contribution < -0.4 is 5.73 Å². The molecule has 1 heterocycles. The van der Waals surface area contributed by atoms with Crippen LogP contribution in [0, 0.1) is 16.0 Å². The highest BCUT2D eigenvalue weighted by Crippen LogP contribution is 2.38. The van der Waals surface area contributed by atoms with E-state index in [0.29, 0.717) is 5.84 Å². The first kappa shape index (κ1) is 13.3. The summed E-state index contributed by atoms with van der Waals surface area (Å²) in [6.45, 7) is 5.92. The van der Waals surface area contributed by atoms with Gasteiger partial charge in [0.05, 0.1) is 4.92 Å². The molecule has 0 saturated carbocycles. The minimum Gasteiger partial charge on any atom is -0.387 e. The smallest absolute Gasteiger partial charge is 0.269 e. The van der Waals surface area contributed by atoms with Crippen molar-refractivity contribution in [1.29, 1.82) is 0 Å². The van der Waals surface area contributed by atoms with Crippen LogP contribution in [0.1, 0.15) is 32.3 Å². The van der Waals surface area contributed by atoms with Crippen LogP contribution in [0.5, 0.6) is 0 Å². The van der Waals surface area contributed by atoms with E-state index >= 15 is 0 Å². The van der Waals surface area contributed by atoms with E-state index < -0.39 is 0 Å². The van der Waals surface area contributed by atoms with Crippen molar-refractivity contribution in [2.24, 2.45) is 16.6 Å². The van der Waals surface area contributed by atoms with Gasteiger partial charge in [-0.05, 0) is 25.0 Å². The lowest BCUT2D eigenvalue weighted by molar-refractivity contribution is -0.384. The van der Waals surface area contributed by atoms with Crippen LogP contribution in [-0.2, 0) is 0 Å². The Balaban J connectivity index is 2.49. The van der Waals surface area contributed by atoms with Crippen molar-refractivity contribution in [3.05, 3.63) is 51.2 Å². The Morgan fingerprint density at radius 3 is 2.68 bits per heavy atom. The lowest BCUT2D eigenvalue weighted by Crippen LogP contribution is -2.30. The summed E-state index contributed by atoms with van der Waals surface area (Å²) in [5, 5.41) is 10.9. The number of aliphatic imine (C=N–C) groups is 1. The Morgan fingerprint density at radius 1 is 1.37 bits per heavy atom. The minimum absolute atomic E-state index is 0.0469. The first-order valence-electron chi connectivity index (χ1n) is 6.17. The molecule has 0 amide bonds. The van der Waals surface area contributed by atoms with Gasteiger partial charge in [-0.15, -0.1) is 0 Å². The summed E-state index contributed by atoms with van der Waals surface area (Å²) in [5.74, 6) is 0.683. The van der Waals surface area contributed by atoms with Gasteiger partial charge in [-0.1, -0.05) is 19.1 Å². The molecule has 0 spiro atoms. The molecule has 5 heteroatoms. The fraction of sp³-hybridized carbons (Fsp3) is 0.357. The van der Waals surface area contributed by atoms with Gasteiger partial charge in [-0.25, -0.2) is 4.99 Å². The van der Waals surface area contributed by atoms with Gasteiger partial charge in [-0.3, -0.25) is 10.1 Å². The molecule has 5 nitrogen and oxygen atoms in total. The normalized spacial score (nSPS) is 23.2. The topological polar surface area (TPSA) is 81.5 Å². The lowest BCUT2D eigenvalue weighted by atomic mass is 9.79. The second-order valence-electron chi connectivity index (χ2n) is 4.92. The lowest BCUT2D eigenvalue weighted by Gasteiger charge is -2.29. The summed E-state index contributed by atoms with van der Waals surface area (Å²) in [6, 6.07) is 6.74. The van der Waals surface area contributed by atoms with Crippen LogP contribution in [0.4, 0.5) is 5.69 Å². The number of hydrogen-bond acceptors (Lipinski definition) is 4. The molecule has 2 unspecified atom stereocenters. The summed E-state index contributed by atoms with van der Waals surface area (Å²) < 4.78 is 0. The second-order valence-corrected chi connectivity index (χ2v) is 4.92. The molecule has 0 radical (unpaired) electrons. The summed E-state index contributed by atoms with van der Waals surface area (Å²) in [5.41, 5.74) is 8.97. The molecular formula is C14H17N3O2. The Labute approximate surface area is 112 Å². The molecular weight excluding hydrogens is 242 g/mol. The maximum Gasteiger partial charge on any atom is 0.269 e. The van der Waals surface area contributed by atoms with Crippen LogP contribution in [0.2, 0.25) is 0 Å². The zero-order valence-electron chi connectivity index (χ0n) is 11.3. The van der Waals surface area contributed by atoms with Crippen LogP contribution in [0.25, 0.3) is 0 Å². The third-order valence-corrected chi connectivity index (χ3v) is 3.74. The summed E-state index contributed by atoms with van der Waals surface area (Å²) in [4.78, 5) is 14.8. The van der Waals surface area contributed by atoms with Crippen molar-refractivity contribution in [3.63, 3.8) is 0 Å². The predicted molar refractivity (Wildman–Crippen MR) is 75.0 cm³/mol. The molecule has 0 aliphatic carbocycles. The van der Waals surface area contributed by atoms with Gasteiger partial charge in [0.1, 0.15) is 5.84 Å². The van der Waals surface area contributed by atoms with Crippen molar-refractivity contribution in [1.82, 2.24) is 0 Å². The number of non-ortho nitro benzene ring substituents is 1. The van der Waals surface area contributed by atoms with Crippen molar-refractivity contribution in [2.45, 2.75) is 26.7 Å². The second kappa shape index (κ2) is 4.84. The molecule has 19 heavy (non-hydrogen) atoms. The van der Waals surface area contributed by atoms with Gasteiger partial charge in [-0.2, -0.15) is 0 Å². The quantitative estimate of drug-likeness (QED) is 0.654. The molecule has 100 valence electrons. The van der Waals surface area contributed by atoms with Gasteiger partial charge in [0.25, 0.3) is 5.69 Å². The minimum atomic E-state index is -0.375. The average Bonchev–Trinajstić information content (AvgIpc) is 2.37. The number of hydrogen-bond donors (Lipinski definition) is 1. The number of amidine groups is 1. The number of benzene rings is 1. The van der Waals surface area contributed by atoms with Crippen molar-refractivity contribution < 1.29 is 4.92 Å². The van der Waals surface area contributed by atoms with Gasteiger partial charge in [0, 0.05) is 29.7 Å². The highest BCUT2D eigenvalue weighted by Gasteiger charge is 2.29. The largest absolute Gasteiger partial charge is 0.387 e. The van der Waals surface area contributed by atoms with E-state index in [2.05, 4.69) is 4.99 Å². The molecule has 0 fully saturated rings. The Kier molecular flexibility index (Phi) is 3.38. The van der Waals surface area contributed by atoms with E-state index in [4.69, 9.17) is 5.73 Å². The molecule has 2 N–H and O–H groups in total. The molecule has 2 rings (SSSR count). The van der Waals surface area contributed by atoms with Crippen molar-refractivity contribution >= 4 is 11.5 Å². The molecule has 2 atom stereocenters. The molecule has 1 aliphatic heterocycles. The molecule has 0 saturated heterocycles. The Morgan fingerprint density at radius 2 is 2.05 bits per heavy atom. The number of nitro benzene ring substituents is 1. The number of nitro groups is 1. The van der Waals surface area contributed by atoms with Crippen LogP contribution in [0.15, 0.2) is 40.5 Å². The SMILES string of the molecule is CC1=C(C)C(c2cccc([N+](=O)[O-])c2)C(C)C(N)=N1. The summed E-state index contributed by atoms with van der Waals surface area (Å²) in [7, 11) is 0. The van der Waals surface area contributed by atoms with Gasteiger partial charge < -0.3 is 5.73 Å². The van der Waals surface area contributed by atoms with E-state index in [1.807, 2.05) is 26.8 Å². The van der Waals surface area contributed by atoms with Gasteiger partial charge >= 0.3 is 0 Å². The fourth-order valence-corrected chi connectivity index (χ4v) is 2.52. The molecule has 1 aromatic carbocycles. The third kappa shape index (κ3) is 2.36. The van der Waals surface area contributed by atoms with E-state index in [0.717, 1.165) is 16.8 Å². The molecule has 1 aliphatic rings. The third-order valence-electron chi connectivity index (χ3n) is 3.74. The van der Waals surface area contributed by atoms with Crippen LogP contribution >= 0.6 is 0 Å². The highest BCUT2D eigenvalue weighted by molar-refractivity contribution is 5.86. The van der Waals surface area contributed by atoms with E-state index in [1.165, 1.54) is 6.07 Å². The van der Waals surface area contributed by atoms with Crippen LogP contribution in [0.3, 0.4) is 0 Å². The first-order chi connectivity index (χ1) is 8.91. The van der Waals surface area contributed by atoms with Crippen molar-refractivity contribution in [2.75, 3.05) is 0 Å². The summed E-state index contributed by atoms with van der Waals surface area (Å²) >= 11 is 0. The van der Waals surface area contributed by atoms with E-state index in [-0.39, 0.29) is 22.4 Å². The predicted octanol–water partition coefficient (Wildman–Crippen LogP) is 2.98. The number of allylic oxidation sites excluding steroid dienone is 2. The van der Waals surface area contributed by atoms with Gasteiger partial charge in [0.2, 0.25) is 0 Å². The summed E-state index contributed by atoms with van der Waals surface area (Å²) in [6.07, 6.45) is 0.